The first-order valence-corrected chi connectivity index (χ1v) is 7.75. The molecule has 0 saturated carbocycles. The van der Waals surface area contributed by atoms with Gasteiger partial charge in [0.1, 0.15) is 17.2 Å². The number of para-hydroxylation sites is 2. The number of anilines is 1. The summed E-state index contributed by atoms with van der Waals surface area (Å²) < 4.78 is 12.1. The molecule has 0 aliphatic heterocycles. The van der Waals surface area contributed by atoms with Crippen LogP contribution in [0.1, 0.15) is 10.5 Å². The van der Waals surface area contributed by atoms with Gasteiger partial charge in [-0.2, -0.15) is 5.10 Å². The van der Waals surface area contributed by atoms with E-state index in [0.29, 0.717) is 22.8 Å². The Hall–Kier alpha value is -3.28. The van der Waals surface area contributed by atoms with E-state index < -0.39 is 0 Å². The van der Waals surface area contributed by atoms with Crippen LogP contribution in [-0.4, -0.2) is 29.9 Å². The molecule has 0 aliphatic carbocycles. The predicted octanol–water partition coefficient (Wildman–Crippen LogP) is 3.36. The number of aromatic nitrogens is 2. The average Bonchev–Trinajstić information content (AvgIpc) is 3.04. The number of hydrogen-bond donors (Lipinski definition) is 1. The SMILES string of the molecule is COc1cccc(-c2cc(C(=O)Nc3ccccc3OC)n(C)n2)c1. The zero-order valence-electron chi connectivity index (χ0n) is 14.3. The van der Waals surface area contributed by atoms with Gasteiger partial charge in [-0.3, -0.25) is 9.48 Å². The molecule has 1 aromatic heterocycles. The van der Waals surface area contributed by atoms with E-state index in [9.17, 15) is 4.79 Å². The zero-order valence-corrected chi connectivity index (χ0v) is 14.3. The molecule has 0 saturated heterocycles. The van der Waals surface area contributed by atoms with Crippen LogP contribution < -0.4 is 14.8 Å². The van der Waals surface area contributed by atoms with Gasteiger partial charge in [0.2, 0.25) is 0 Å². The number of rotatable bonds is 5. The molecule has 0 aliphatic rings. The number of nitrogens with zero attached hydrogens (tertiary/aromatic N) is 2. The quantitative estimate of drug-likeness (QED) is 0.775. The van der Waals surface area contributed by atoms with Crippen LogP contribution in [0.2, 0.25) is 0 Å². The second-order valence-corrected chi connectivity index (χ2v) is 5.42. The molecule has 1 heterocycles. The summed E-state index contributed by atoms with van der Waals surface area (Å²) in [5.41, 5.74) is 2.64. The number of aryl methyl sites for hydroxylation is 1. The Morgan fingerprint density at radius 1 is 1.04 bits per heavy atom. The third-order valence-electron chi connectivity index (χ3n) is 3.83. The van der Waals surface area contributed by atoms with E-state index in [-0.39, 0.29) is 5.91 Å². The van der Waals surface area contributed by atoms with Crippen LogP contribution in [0.4, 0.5) is 5.69 Å². The summed E-state index contributed by atoms with van der Waals surface area (Å²) in [5.74, 6) is 1.09. The van der Waals surface area contributed by atoms with Crippen LogP contribution in [0, 0.1) is 0 Å². The maximum Gasteiger partial charge on any atom is 0.274 e. The van der Waals surface area contributed by atoms with Crippen molar-refractivity contribution in [3.8, 4) is 22.8 Å². The number of nitrogens with one attached hydrogen (secondary N) is 1. The number of methoxy groups -OCH3 is 2. The minimum Gasteiger partial charge on any atom is -0.497 e. The molecule has 0 fully saturated rings. The zero-order chi connectivity index (χ0) is 17.8. The molecule has 25 heavy (non-hydrogen) atoms. The Kier molecular flexibility index (Phi) is 4.70. The van der Waals surface area contributed by atoms with Gasteiger partial charge in [-0.1, -0.05) is 24.3 Å². The number of hydrogen-bond acceptors (Lipinski definition) is 4. The minimum absolute atomic E-state index is 0.256. The molecule has 1 N–H and O–H groups in total. The summed E-state index contributed by atoms with van der Waals surface area (Å²) in [6, 6.07) is 16.6. The minimum atomic E-state index is -0.256. The lowest BCUT2D eigenvalue weighted by Crippen LogP contribution is -2.16. The van der Waals surface area contributed by atoms with Gasteiger partial charge in [-0.15, -0.1) is 0 Å². The topological polar surface area (TPSA) is 65.4 Å². The van der Waals surface area contributed by atoms with Gasteiger partial charge in [-0.05, 0) is 30.3 Å². The molecule has 6 nitrogen and oxygen atoms in total. The molecular formula is C19H19N3O3. The standard InChI is InChI=1S/C19H19N3O3/c1-22-17(19(23)20-15-9-4-5-10-18(15)25-3)12-16(21-22)13-7-6-8-14(11-13)24-2/h4-12H,1-3H3,(H,20,23). The van der Waals surface area contributed by atoms with Crippen molar-refractivity contribution in [2.24, 2.45) is 7.05 Å². The maximum absolute atomic E-state index is 12.6. The Labute approximate surface area is 146 Å². The van der Waals surface area contributed by atoms with Crippen molar-refractivity contribution >= 4 is 11.6 Å². The highest BCUT2D eigenvalue weighted by atomic mass is 16.5. The van der Waals surface area contributed by atoms with Crippen LogP contribution in [0.5, 0.6) is 11.5 Å². The van der Waals surface area contributed by atoms with Crippen LogP contribution in [0.3, 0.4) is 0 Å². The monoisotopic (exact) mass is 337 g/mol. The Balaban J connectivity index is 1.88. The van der Waals surface area contributed by atoms with Gasteiger partial charge in [0, 0.05) is 12.6 Å². The third-order valence-corrected chi connectivity index (χ3v) is 3.83. The normalized spacial score (nSPS) is 10.4. The molecule has 6 heteroatoms. The fraction of sp³-hybridized carbons (Fsp3) is 0.158. The van der Waals surface area contributed by atoms with Crippen molar-refractivity contribution in [2.45, 2.75) is 0 Å². The van der Waals surface area contributed by atoms with Crippen LogP contribution >= 0.6 is 0 Å². The fourth-order valence-corrected chi connectivity index (χ4v) is 2.54. The lowest BCUT2D eigenvalue weighted by molar-refractivity contribution is 0.101. The molecule has 0 atom stereocenters. The van der Waals surface area contributed by atoms with Gasteiger partial charge in [-0.25, -0.2) is 0 Å². The molecule has 3 aromatic rings. The highest BCUT2D eigenvalue weighted by molar-refractivity contribution is 6.04. The average molecular weight is 337 g/mol. The van der Waals surface area contributed by atoms with E-state index >= 15 is 0 Å². The third kappa shape index (κ3) is 3.47. The van der Waals surface area contributed by atoms with Gasteiger partial charge >= 0.3 is 0 Å². The summed E-state index contributed by atoms with van der Waals surface area (Å²) in [4.78, 5) is 12.6. The molecular weight excluding hydrogens is 318 g/mol. The van der Waals surface area contributed by atoms with Gasteiger partial charge in [0.05, 0.1) is 25.6 Å². The second kappa shape index (κ2) is 7.09. The van der Waals surface area contributed by atoms with Crippen molar-refractivity contribution < 1.29 is 14.3 Å². The summed E-state index contributed by atoms with van der Waals surface area (Å²) in [6.45, 7) is 0. The van der Waals surface area contributed by atoms with E-state index in [0.717, 1.165) is 11.3 Å². The van der Waals surface area contributed by atoms with Gasteiger partial charge < -0.3 is 14.8 Å². The molecule has 2 aromatic carbocycles. The van der Waals surface area contributed by atoms with Crippen molar-refractivity contribution in [2.75, 3.05) is 19.5 Å². The van der Waals surface area contributed by atoms with E-state index in [1.807, 2.05) is 36.4 Å². The van der Waals surface area contributed by atoms with Gasteiger partial charge in [0.25, 0.3) is 5.91 Å². The number of ether oxygens (including phenoxy) is 2. The van der Waals surface area contributed by atoms with Crippen molar-refractivity contribution in [1.29, 1.82) is 0 Å². The van der Waals surface area contributed by atoms with Crippen LogP contribution in [-0.2, 0) is 7.05 Å². The smallest absolute Gasteiger partial charge is 0.274 e. The Morgan fingerprint density at radius 3 is 2.60 bits per heavy atom. The lowest BCUT2D eigenvalue weighted by Gasteiger charge is -2.09. The summed E-state index contributed by atoms with van der Waals surface area (Å²) in [7, 11) is 4.92. The first kappa shape index (κ1) is 16.6. The lowest BCUT2D eigenvalue weighted by atomic mass is 10.1. The van der Waals surface area contributed by atoms with Crippen molar-refractivity contribution in [1.82, 2.24) is 9.78 Å². The van der Waals surface area contributed by atoms with Gasteiger partial charge in [0.15, 0.2) is 0 Å². The fourth-order valence-electron chi connectivity index (χ4n) is 2.54. The van der Waals surface area contributed by atoms with Crippen molar-refractivity contribution in [3.05, 3.63) is 60.3 Å². The van der Waals surface area contributed by atoms with E-state index in [4.69, 9.17) is 9.47 Å². The summed E-state index contributed by atoms with van der Waals surface area (Å²) in [6.07, 6.45) is 0. The first-order valence-electron chi connectivity index (χ1n) is 7.75. The molecule has 3 rings (SSSR count). The molecule has 0 spiro atoms. The summed E-state index contributed by atoms with van der Waals surface area (Å²) in [5, 5.41) is 7.29. The van der Waals surface area contributed by atoms with Crippen LogP contribution in [0.15, 0.2) is 54.6 Å². The van der Waals surface area contributed by atoms with E-state index in [1.54, 1.807) is 44.1 Å². The number of benzene rings is 2. The first-order chi connectivity index (χ1) is 12.1. The highest BCUT2D eigenvalue weighted by Crippen LogP contribution is 2.26. The summed E-state index contributed by atoms with van der Waals surface area (Å²) >= 11 is 0. The molecule has 0 unspecified atom stereocenters. The second-order valence-electron chi connectivity index (χ2n) is 5.42. The Morgan fingerprint density at radius 2 is 1.84 bits per heavy atom. The number of carbonyl (C=O) groups is 1. The molecule has 1 amide bonds. The highest BCUT2D eigenvalue weighted by Gasteiger charge is 2.16. The van der Waals surface area contributed by atoms with E-state index in [1.165, 1.54) is 0 Å². The van der Waals surface area contributed by atoms with Crippen molar-refractivity contribution in [3.63, 3.8) is 0 Å². The maximum atomic E-state index is 12.6. The molecule has 0 radical (unpaired) electrons. The molecule has 128 valence electrons. The predicted molar refractivity (Wildman–Crippen MR) is 96.1 cm³/mol. The largest absolute Gasteiger partial charge is 0.497 e. The molecule has 0 bridgehead atoms. The van der Waals surface area contributed by atoms with Crippen LogP contribution in [0.25, 0.3) is 11.3 Å². The number of amides is 1. The Bertz CT molecular complexity index is 902. The van der Waals surface area contributed by atoms with E-state index in [2.05, 4.69) is 10.4 Å². The number of carbonyl (C=O) groups excluding carboxylic acids is 1.